The fourth-order valence-electron chi connectivity index (χ4n) is 1.94. The van der Waals surface area contributed by atoms with E-state index >= 15 is 0 Å². The lowest BCUT2D eigenvalue weighted by molar-refractivity contribution is -0.142. The van der Waals surface area contributed by atoms with Crippen molar-refractivity contribution in [3.63, 3.8) is 0 Å². The van der Waals surface area contributed by atoms with E-state index in [1.165, 1.54) is 13.2 Å². The van der Waals surface area contributed by atoms with Gasteiger partial charge >= 0.3 is 13.3 Å². The summed E-state index contributed by atoms with van der Waals surface area (Å²) in [6, 6.07) is 1.25. The van der Waals surface area contributed by atoms with Crippen molar-refractivity contribution in [2.45, 2.75) is 45.1 Å². The summed E-state index contributed by atoms with van der Waals surface area (Å²) in [5, 5.41) is 0. The molecule has 4 nitrogen and oxygen atoms in total. The maximum atomic E-state index is 12.8. The summed E-state index contributed by atoms with van der Waals surface area (Å²) in [5.74, 6) is -0.352. The van der Waals surface area contributed by atoms with Crippen LogP contribution in [0.25, 0.3) is 0 Å². The number of aromatic nitrogens is 1. The van der Waals surface area contributed by atoms with Gasteiger partial charge in [-0.2, -0.15) is 13.2 Å². The second-order valence-electron chi connectivity index (χ2n) is 5.91. The number of pyridine rings is 1. The van der Waals surface area contributed by atoms with Gasteiger partial charge in [0.15, 0.2) is 5.69 Å². The molecule has 21 heavy (non-hydrogen) atoms. The van der Waals surface area contributed by atoms with Gasteiger partial charge in [0, 0.05) is 11.7 Å². The summed E-state index contributed by atoms with van der Waals surface area (Å²) in [5.41, 5.74) is -1.83. The van der Waals surface area contributed by atoms with Crippen molar-refractivity contribution < 1.29 is 27.2 Å². The van der Waals surface area contributed by atoms with E-state index in [1.54, 1.807) is 0 Å². The maximum absolute atomic E-state index is 12.8. The third-order valence-electron chi connectivity index (χ3n) is 3.89. The van der Waals surface area contributed by atoms with Crippen molar-refractivity contribution in [3.8, 4) is 5.75 Å². The Balaban J connectivity index is 2.36. The fraction of sp³-hybridized carbons (Fsp3) is 0.615. The summed E-state index contributed by atoms with van der Waals surface area (Å²) in [7, 11) is 0.388. The van der Waals surface area contributed by atoms with Crippen LogP contribution in [0.2, 0.25) is 0 Å². The lowest BCUT2D eigenvalue weighted by Gasteiger charge is -2.32. The zero-order chi connectivity index (χ0) is 16.1. The van der Waals surface area contributed by atoms with Gasteiger partial charge in [-0.25, -0.2) is 4.98 Å². The molecule has 0 atom stereocenters. The molecular weight excluding hydrogens is 286 g/mol. The summed E-state index contributed by atoms with van der Waals surface area (Å²) >= 11 is 0. The van der Waals surface area contributed by atoms with Crippen LogP contribution in [-0.4, -0.2) is 30.4 Å². The Labute approximate surface area is 121 Å². The van der Waals surface area contributed by atoms with Gasteiger partial charge in [0.1, 0.15) is 5.75 Å². The predicted molar refractivity (Wildman–Crippen MR) is 71.5 cm³/mol. The van der Waals surface area contributed by atoms with Crippen LogP contribution in [0, 0.1) is 0 Å². The van der Waals surface area contributed by atoms with E-state index < -0.39 is 30.2 Å². The van der Waals surface area contributed by atoms with Crippen molar-refractivity contribution in [2.75, 3.05) is 7.11 Å². The van der Waals surface area contributed by atoms with Gasteiger partial charge in [0.2, 0.25) is 0 Å². The molecule has 0 radical (unpaired) electrons. The zero-order valence-corrected chi connectivity index (χ0v) is 12.5. The van der Waals surface area contributed by atoms with Gasteiger partial charge in [0.05, 0.1) is 18.3 Å². The Morgan fingerprint density at radius 1 is 1.14 bits per heavy atom. The molecule has 2 heterocycles. The zero-order valence-electron chi connectivity index (χ0n) is 12.5. The number of nitrogens with zero attached hydrogens (tertiary/aromatic N) is 1. The highest BCUT2D eigenvalue weighted by Crippen LogP contribution is 2.37. The molecule has 2 rings (SSSR count). The highest BCUT2D eigenvalue weighted by molar-refractivity contribution is 6.62. The maximum Gasteiger partial charge on any atom is 0.496 e. The topological polar surface area (TPSA) is 40.6 Å². The molecule has 0 N–H and O–H groups in total. The number of ether oxygens (including phenoxy) is 1. The molecule has 1 aliphatic heterocycles. The lowest BCUT2D eigenvalue weighted by Crippen LogP contribution is -2.41. The van der Waals surface area contributed by atoms with Crippen molar-refractivity contribution in [3.05, 3.63) is 18.0 Å². The van der Waals surface area contributed by atoms with Crippen LogP contribution in [0.15, 0.2) is 12.3 Å². The largest absolute Gasteiger partial charge is 0.496 e. The molecule has 0 aromatic carbocycles. The monoisotopic (exact) mass is 303 g/mol. The normalized spacial score (nSPS) is 20.7. The van der Waals surface area contributed by atoms with E-state index in [1.807, 2.05) is 27.7 Å². The molecule has 116 valence electrons. The van der Waals surface area contributed by atoms with Crippen LogP contribution in [0.1, 0.15) is 33.4 Å². The molecule has 1 aromatic rings. The Morgan fingerprint density at radius 2 is 1.67 bits per heavy atom. The first-order chi connectivity index (χ1) is 9.48. The summed E-state index contributed by atoms with van der Waals surface area (Å²) in [4.78, 5) is 3.45. The first kappa shape index (κ1) is 16.1. The first-order valence-corrected chi connectivity index (χ1v) is 6.45. The number of hydrogen-bond acceptors (Lipinski definition) is 4. The average molecular weight is 303 g/mol. The van der Waals surface area contributed by atoms with Crippen molar-refractivity contribution in [1.82, 2.24) is 4.98 Å². The minimum absolute atomic E-state index is 0.352. The number of rotatable bonds is 2. The van der Waals surface area contributed by atoms with Crippen LogP contribution in [0.3, 0.4) is 0 Å². The minimum atomic E-state index is -4.57. The SMILES string of the molecule is COc1cc(B2OC(C)(C)C(C)(C)O2)cnc1C(F)(F)F. The van der Waals surface area contributed by atoms with Gasteiger partial charge in [-0.05, 0) is 33.8 Å². The van der Waals surface area contributed by atoms with E-state index in [0.29, 0.717) is 5.46 Å². The van der Waals surface area contributed by atoms with Crippen molar-refractivity contribution in [2.24, 2.45) is 0 Å². The molecule has 1 aliphatic rings. The van der Waals surface area contributed by atoms with Crippen LogP contribution in [0.4, 0.5) is 13.2 Å². The van der Waals surface area contributed by atoms with Gasteiger partial charge in [-0.1, -0.05) is 0 Å². The summed E-state index contributed by atoms with van der Waals surface area (Å²) in [6.07, 6.45) is -3.46. The van der Waals surface area contributed by atoms with Crippen LogP contribution < -0.4 is 10.2 Å². The van der Waals surface area contributed by atoms with Gasteiger partial charge < -0.3 is 14.0 Å². The smallest absolute Gasteiger partial charge is 0.495 e. The van der Waals surface area contributed by atoms with Crippen molar-refractivity contribution in [1.29, 1.82) is 0 Å². The lowest BCUT2D eigenvalue weighted by atomic mass is 9.80. The Morgan fingerprint density at radius 3 is 2.10 bits per heavy atom. The summed E-state index contributed by atoms with van der Waals surface area (Å²) < 4.78 is 54.7. The second-order valence-corrected chi connectivity index (χ2v) is 5.91. The van der Waals surface area contributed by atoms with E-state index in [0.717, 1.165) is 6.20 Å². The first-order valence-electron chi connectivity index (χ1n) is 6.45. The quantitative estimate of drug-likeness (QED) is 0.787. The molecular formula is C13H17BF3NO3. The third-order valence-corrected chi connectivity index (χ3v) is 3.89. The van der Waals surface area contributed by atoms with Gasteiger partial charge in [-0.3, -0.25) is 0 Å². The Bertz CT molecular complexity index is 530. The number of methoxy groups -OCH3 is 1. The molecule has 8 heteroatoms. The Kier molecular flexibility index (Phi) is 3.74. The molecule has 0 aliphatic carbocycles. The number of halogens is 3. The van der Waals surface area contributed by atoms with Crippen LogP contribution in [0.5, 0.6) is 5.75 Å². The molecule has 0 saturated carbocycles. The van der Waals surface area contributed by atoms with E-state index in [2.05, 4.69) is 4.98 Å². The predicted octanol–water partition coefficient (Wildman–Crippen LogP) is 2.41. The molecule has 0 spiro atoms. The van der Waals surface area contributed by atoms with Crippen molar-refractivity contribution >= 4 is 12.6 Å². The van der Waals surface area contributed by atoms with Crippen LogP contribution >= 0.6 is 0 Å². The fourth-order valence-corrected chi connectivity index (χ4v) is 1.94. The molecule has 1 aromatic heterocycles. The molecule has 0 amide bonds. The minimum Gasteiger partial charge on any atom is -0.495 e. The highest BCUT2D eigenvalue weighted by Gasteiger charge is 2.52. The summed E-state index contributed by atoms with van der Waals surface area (Å²) in [6.45, 7) is 7.45. The number of alkyl halides is 3. The van der Waals surface area contributed by atoms with Gasteiger partial charge in [-0.15, -0.1) is 0 Å². The third kappa shape index (κ3) is 2.87. The Hall–Kier alpha value is -1.28. The highest BCUT2D eigenvalue weighted by atomic mass is 19.4. The van der Waals surface area contributed by atoms with Gasteiger partial charge in [0.25, 0.3) is 0 Å². The molecule has 1 saturated heterocycles. The number of hydrogen-bond donors (Lipinski definition) is 0. The van der Waals surface area contributed by atoms with Crippen LogP contribution in [-0.2, 0) is 15.5 Å². The van der Waals surface area contributed by atoms with E-state index in [-0.39, 0.29) is 5.75 Å². The average Bonchev–Trinajstić information content (AvgIpc) is 2.56. The second kappa shape index (κ2) is 4.88. The standard InChI is InChI=1S/C13H17BF3NO3/c1-11(2)12(3,4)21-14(20-11)8-6-9(19-5)10(18-7-8)13(15,16)17/h6-7H,1-5H3. The van der Waals surface area contributed by atoms with E-state index in [9.17, 15) is 13.2 Å². The van der Waals surface area contributed by atoms with E-state index in [4.69, 9.17) is 14.0 Å². The molecule has 0 bridgehead atoms. The molecule has 1 fully saturated rings. The molecule has 0 unspecified atom stereocenters.